The Morgan fingerprint density at radius 2 is 2.29 bits per heavy atom. The maximum atomic E-state index is 11.2. The molecule has 88 valence electrons. The fourth-order valence-corrected chi connectivity index (χ4v) is 2.33. The number of carboxylic acids is 1. The van der Waals surface area contributed by atoms with Crippen LogP contribution in [0.2, 0.25) is 0 Å². The molecular formula is C13H14N2O2. The van der Waals surface area contributed by atoms with Gasteiger partial charge in [-0.25, -0.2) is 9.78 Å². The van der Waals surface area contributed by atoms with Gasteiger partial charge in [-0.2, -0.15) is 0 Å². The van der Waals surface area contributed by atoms with Crippen molar-refractivity contribution in [2.75, 3.05) is 0 Å². The van der Waals surface area contributed by atoms with E-state index in [2.05, 4.69) is 4.98 Å². The van der Waals surface area contributed by atoms with Crippen molar-refractivity contribution < 1.29 is 9.90 Å². The van der Waals surface area contributed by atoms with Gasteiger partial charge in [-0.15, -0.1) is 0 Å². The highest BCUT2D eigenvalue weighted by molar-refractivity contribution is 5.93. The van der Waals surface area contributed by atoms with E-state index >= 15 is 0 Å². The quantitative estimate of drug-likeness (QED) is 0.862. The minimum Gasteiger partial charge on any atom is -0.476 e. The number of imidazole rings is 1. The molecule has 1 aliphatic rings. The first-order valence-electron chi connectivity index (χ1n) is 5.88. The molecule has 17 heavy (non-hydrogen) atoms. The monoisotopic (exact) mass is 230 g/mol. The van der Waals surface area contributed by atoms with Gasteiger partial charge < -0.3 is 9.51 Å². The van der Waals surface area contributed by atoms with Gasteiger partial charge in [0, 0.05) is 12.1 Å². The maximum Gasteiger partial charge on any atom is 0.356 e. The molecule has 1 fully saturated rings. The zero-order valence-electron chi connectivity index (χ0n) is 9.68. The van der Waals surface area contributed by atoms with Crippen molar-refractivity contribution in [3.63, 3.8) is 0 Å². The number of aromatic nitrogens is 2. The maximum absolute atomic E-state index is 11.2. The highest BCUT2D eigenvalue weighted by Crippen LogP contribution is 2.36. The van der Waals surface area contributed by atoms with Gasteiger partial charge in [0.2, 0.25) is 0 Å². The molecule has 1 aliphatic carbocycles. The second kappa shape index (κ2) is 3.58. The lowest BCUT2D eigenvalue weighted by Gasteiger charge is -2.23. The van der Waals surface area contributed by atoms with Crippen molar-refractivity contribution in [1.29, 1.82) is 0 Å². The van der Waals surface area contributed by atoms with E-state index in [0.29, 0.717) is 11.4 Å². The molecule has 1 saturated carbocycles. The molecule has 0 aliphatic heterocycles. The van der Waals surface area contributed by atoms with Crippen LogP contribution in [0.1, 0.15) is 47.1 Å². The number of aromatic carboxylic acids is 1. The standard InChI is InChI=1S/C13H14N2O2/c1-8-5-6-15-10(7-8)11(13(16)17)14-12(15)9-3-2-4-9/h5-7,9H,2-4H2,1H3,(H,16,17). The van der Waals surface area contributed by atoms with Gasteiger partial charge in [-0.1, -0.05) is 6.42 Å². The largest absolute Gasteiger partial charge is 0.476 e. The van der Waals surface area contributed by atoms with E-state index < -0.39 is 5.97 Å². The molecule has 3 rings (SSSR count). The van der Waals surface area contributed by atoms with Crippen molar-refractivity contribution in [3.05, 3.63) is 35.4 Å². The summed E-state index contributed by atoms with van der Waals surface area (Å²) in [5, 5.41) is 9.18. The first-order valence-corrected chi connectivity index (χ1v) is 5.88. The Labute approximate surface area is 98.9 Å². The first kappa shape index (κ1) is 10.3. The fourth-order valence-electron chi connectivity index (χ4n) is 2.33. The molecule has 0 atom stereocenters. The summed E-state index contributed by atoms with van der Waals surface area (Å²) in [5.74, 6) is 0.389. The topological polar surface area (TPSA) is 54.6 Å². The molecule has 1 N–H and O–H groups in total. The molecule has 4 heteroatoms. The third-order valence-corrected chi connectivity index (χ3v) is 3.50. The van der Waals surface area contributed by atoms with Crippen LogP contribution in [-0.4, -0.2) is 20.5 Å². The SMILES string of the molecule is Cc1ccn2c(C3CCC3)nc(C(=O)O)c2c1. The van der Waals surface area contributed by atoms with E-state index in [9.17, 15) is 9.90 Å². The molecule has 0 bridgehead atoms. The number of nitrogens with zero attached hydrogens (tertiary/aromatic N) is 2. The summed E-state index contributed by atoms with van der Waals surface area (Å²) in [5.41, 5.74) is 1.94. The average Bonchev–Trinajstić information content (AvgIpc) is 2.54. The zero-order valence-corrected chi connectivity index (χ0v) is 9.68. The fraction of sp³-hybridized carbons (Fsp3) is 0.385. The van der Waals surface area contributed by atoms with Gasteiger partial charge in [0.1, 0.15) is 5.82 Å². The molecule has 4 nitrogen and oxygen atoms in total. The van der Waals surface area contributed by atoms with Gasteiger partial charge in [0.25, 0.3) is 0 Å². The van der Waals surface area contributed by atoms with Crippen molar-refractivity contribution in [2.24, 2.45) is 0 Å². The van der Waals surface area contributed by atoms with Gasteiger partial charge in [0.05, 0.1) is 5.52 Å². The average molecular weight is 230 g/mol. The van der Waals surface area contributed by atoms with E-state index in [0.717, 1.165) is 24.2 Å². The third kappa shape index (κ3) is 1.52. The number of aryl methyl sites for hydroxylation is 1. The predicted octanol–water partition coefficient (Wildman–Crippen LogP) is 2.61. The first-order chi connectivity index (χ1) is 8.16. The van der Waals surface area contributed by atoms with Gasteiger partial charge in [-0.05, 0) is 37.5 Å². The van der Waals surface area contributed by atoms with Crippen molar-refractivity contribution in [2.45, 2.75) is 32.1 Å². The van der Waals surface area contributed by atoms with Gasteiger partial charge >= 0.3 is 5.97 Å². The predicted molar refractivity (Wildman–Crippen MR) is 63.5 cm³/mol. The molecule has 2 heterocycles. The number of fused-ring (bicyclic) bond motifs is 1. The summed E-state index contributed by atoms with van der Waals surface area (Å²) < 4.78 is 1.93. The normalized spacial score (nSPS) is 16.1. The summed E-state index contributed by atoms with van der Waals surface area (Å²) in [6, 6.07) is 3.88. The van der Waals surface area contributed by atoms with Crippen molar-refractivity contribution in [1.82, 2.24) is 9.38 Å². The highest BCUT2D eigenvalue weighted by atomic mass is 16.4. The van der Waals surface area contributed by atoms with E-state index in [1.54, 1.807) is 0 Å². The zero-order chi connectivity index (χ0) is 12.0. The molecule has 0 spiro atoms. The van der Waals surface area contributed by atoms with Crippen LogP contribution >= 0.6 is 0 Å². The Bertz CT molecular complexity index is 597. The van der Waals surface area contributed by atoms with Crippen LogP contribution in [0.3, 0.4) is 0 Å². The summed E-state index contributed by atoms with van der Waals surface area (Å²) in [4.78, 5) is 15.5. The lowest BCUT2D eigenvalue weighted by Crippen LogP contribution is -2.12. The Kier molecular flexibility index (Phi) is 2.18. The summed E-state index contributed by atoms with van der Waals surface area (Å²) >= 11 is 0. The van der Waals surface area contributed by atoms with Gasteiger partial charge in [-0.3, -0.25) is 0 Å². The van der Waals surface area contributed by atoms with E-state index in [1.807, 2.05) is 29.7 Å². The minimum atomic E-state index is -0.946. The minimum absolute atomic E-state index is 0.176. The molecule has 2 aromatic rings. The third-order valence-electron chi connectivity index (χ3n) is 3.50. The smallest absolute Gasteiger partial charge is 0.356 e. The van der Waals surface area contributed by atoms with Crippen molar-refractivity contribution >= 4 is 11.5 Å². The second-order valence-corrected chi connectivity index (χ2v) is 4.71. The van der Waals surface area contributed by atoms with E-state index in [-0.39, 0.29) is 5.69 Å². The van der Waals surface area contributed by atoms with Crippen LogP contribution in [-0.2, 0) is 0 Å². The lowest BCUT2D eigenvalue weighted by molar-refractivity contribution is 0.0693. The molecule has 0 aromatic carbocycles. The van der Waals surface area contributed by atoms with E-state index in [1.165, 1.54) is 6.42 Å². The Balaban J connectivity index is 2.26. The number of carbonyl (C=O) groups is 1. The highest BCUT2D eigenvalue weighted by Gasteiger charge is 2.26. The van der Waals surface area contributed by atoms with Crippen molar-refractivity contribution in [3.8, 4) is 0 Å². The molecule has 0 saturated heterocycles. The molecule has 0 unspecified atom stereocenters. The van der Waals surface area contributed by atoms with Crippen LogP contribution in [0.4, 0.5) is 0 Å². The molecular weight excluding hydrogens is 216 g/mol. The second-order valence-electron chi connectivity index (χ2n) is 4.71. The molecule has 0 amide bonds. The Morgan fingerprint density at radius 1 is 1.53 bits per heavy atom. The number of hydrogen-bond acceptors (Lipinski definition) is 2. The molecule has 2 aromatic heterocycles. The number of rotatable bonds is 2. The molecule has 0 radical (unpaired) electrons. The van der Waals surface area contributed by atoms with Crippen LogP contribution in [0.5, 0.6) is 0 Å². The lowest BCUT2D eigenvalue weighted by atomic mass is 9.85. The Hall–Kier alpha value is -1.84. The van der Waals surface area contributed by atoms with Crippen LogP contribution in [0, 0.1) is 6.92 Å². The summed E-state index contributed by atoms with van der Waals surface area (Å²) in [6.45, 7) is 1.96. The number of carboxylic acid groups (broad SMARTS) is 1. The van der Waals surface area contributed by atoms with Gasteiger partial charge in [0.15, 0.2) is 5.69 Å². The van der Waals surface area contributed by atoms with Crippen LogP contribution < -0.4 is 0 Å². The number of pyridine rings is 1. The van der Waals surface area contributed by atoms with Crippen LogP contribution in [0.15, 0.2) is 18.3 Å². The number of hydrogen-bond donors (Lipinski definition) is 1. The van der Waals surface area contributed by atoms with Crippen LogP contribution in [0.25, 0.3) is 5.52 Å². The Morgan fingerprint density at radius 3 is 2.88 bits per heavy atom. The summed E-state index contributed by atoms with van der Waals surface area (Å²) in [7, 11) is 0. The summed E-state index contributed by atoms with van der Waals surface area (Å²) in [6.07, 6.45) is 5.38. The van der Waals surface area contributed by atoms with E-state index in [4.69, 9.17) is 0 Å².